The number of nitrogens with zero attached hydrogens (tertiary/aromatic N) is 3. The van der Waals surface area contributed by atoms with Gasteiger partial charge < -0.3 is 10.2 Å². The van der Waals surface area contributed by atoms with Crippen LogP contribution in [0.1, 0.15) is 32.6 Å². The highest BCUT2D eigenvalue weighted by Crippen LogP contribution is 2.49. The molecule has 0 spiro atoms. The molecule has 2 aliphatic heterocycles. The van der Waals surface area contributed by atoms with Gasteiger partial charge in [-0.1, -0.05) is 19.1 Å². The fourth-order valence-electron chi connectivity index (χ4n) is 5.84. The summed E-state index contributed by atoms with van der Waals surface area (Å²) in [5.74, 6) is 0.0775. The number of fused-ring (bicyclic) bond motifs is 2. The third-order valence-electron chi connectivity index (χ3n) is 7.11. The third-order valence-corrected chi connectivity index (χ3v) is 7.11. The van der Waals surface area contributed by atoms with Crippen LogP contribution in [-0.2, 0) is 18.4 Å². The van der Waals surface area contributed by atoms with Gasteiger partial charge in [-0.05, 0) is 37.8 Å². The van der Waals surface area contributed by atoms with Crippen LogP contribution in [0.4, 0.5) is 0 Å². The molecule has 1 aromatic carbocycles. The van der Waals surface area contributed by atoms with E-state index in [4.69, 9.17) is 0 Å². The normalized spacial score (nSPS) is 33.0. The number of rotatable bonds is 2. The number of amides is 1. The number of likely N-dealkylation sites (tertiary alicyclic amines) is 1. The molecule has 2 aromatic rings. The molecule has 6 heteroatoms. The molecule has 138 valence electrons. The van der Waals surface area contributed by atoms with E-state index < -0.39 is 0 Å². The second-order valence-electron chi connectivity index (χ2n) is 8.54. The number of benzene rings is 1. The molecule has 1 aromatic heterocycles. The van der Waals surface area contributed by atoms with Gasteiger partial charge in [0.05, 0.1) is 11.0 Å². The Hall–Kier alpha value is -2.08. The van der Waals surface area contributed by atoms with E-state index in [9.17, 15) is 9.59 Å². The minimum absolute atomic E-state index is 0.0775. The molecule has 1 N–H and O–H groups in total. The van der Waals surface area contributed by atoms with Gasteiger partial charge in [-0.25, -0.2) is 4.79 Å². The molecule has 1 saturated carbocycles. The van der Waals surface area contributed by atoms with Crippen LogP contribution in [0.5, 0.6) is 0 Å². The minimum atomic E-state index is -0.120. The van der Waals surface area contributed by atoms with Crippen molar-refractivity contribution in [3.8, 4) is 0 Å². The molecule has 1 amide bonds. The Morgan fingerprint density at radius 2 is 2.04 bits per heavy atom. The Morgan fingerprint density at radius 3 is 2.85 bits per heavy atom. The lowest BCUT2D eigenvalue weighted by Crippen LogP contribution is -2.58. The summed E-state index contributed by atoms with van der Waals surface area (Å²) in [6.07, 6.45) is 4.63. The lowest BCUT2D eigenvalue weighted by molar-refractivity contribution is -0.140. The molecule has 6 nitrogen and oxygen atoms in total. The lowest BCUT2D eigenvalue weighted by Gasteiger charge is -2.50. The Kier molecular flexibility index (Phi) is 3.38. The first-order chi connectivity index (χ1) is 12.5. The van der Waals surface area contributed by atoms with E-state index in [1.54, 1.807) is 16.2 Å². The molecule has 0 radical (unpaired) electrons. The largest absolute Gasteiger partial charge is 0.336 e. The van der Waals surface area contributed by atoms with Crippen LogP contribution in [0.2, 0.25) is 0 Å². The van der Waals surface area contributed by atoms with Crippen LogP contribution in [0, 0.1) is 5.41 Å². The molecule has 1 aliphatic carbocycles. The van der Waals surface area contributed by atoms with Gasteiger partial charge in [0.2, 0.25) is 5.91 Å². The Morgan fingerprint density at radius 1 is 1.27 bits per heavy atom. The predicted molar refractivity (Wildman–Crippen MR) is 100.0 cm³/mol. The average Bonchev–Trinajstić information content (AvgIpc) is 3.09. The molecule has 3 heterocycles. The summed E-state index contributed by atoms with van der Waals surface area (Å²) in [5, 5.41) is 3.75. The van der Waals surface area contributed by atoms with Crippen LogP contribution in [0.15, 0.2) is 29.1 Å². The van der Waals surface area contributed by atoms with Gasteiger partial charge in [-0.3, -0.25) is 13.9 Å². The second-order valence-corrected chi connectivity index (χ2v) is 8.54. The van der Waals surface area contributed by atoms with Gasteiger partial charge in [0, 0.05) is 37.1 Å². The van der Waals surface area contributed by atoms with Crippen molar-refractivity contribution in [3.05, 3.63) is 34.7 Å². The highest BCUT2D eigenvalue weighted by molar-refractivity contribution is 5.81. The van der Waals surface area contributed by atoms with Gasteiger partial charge in [0.1, 0.15) is 6.54 Å². The summed E-state index contributed by atoms with van der Waals surface area (Å²) in [7, 11) is 1.77. The zero-order chi connectivity index (χ0) is 18.1. The third kappa shape index (κ3) is 2.08. The predicted octanol–water partition coefficient (Wildman–Crippen LogP) is 1.47. The van der Waals surface area contributed by atoms with Crippen molar-refractivity contribution in [2.45, 2.75) is 57.3 Å². The molecule has 0 unspecified atom stereocenters. The summed E-state index contributed by atoms with van der Waals surface area (Å²) in [6.45, 7) is 3.25. The maximum atomic E-state index is 13.3. The molecule has 3 fully saturated rings. The average molecular weight is 354 g/mol. The van der Waals surface area contributed by atoms with Crippen molar-refractivity contribution < 1.29 is 4.79 Å². The van der Waals surface area contributed by atoms with E-state index in [1.165, 1.54) is 19.3 Å². The molecular weight excluding hydrogens is 328 g/mol. The number of aryl methyl sites for hydroxylation is 1. The second kappa shape index (κ2) is 5.46. The Bertz CT molecular complexity index is 945. The summed E-state index contributed by atoms with van der Waals surface area (Å²) >= 11 is 0. The van der Waals surface area contributed by atoms with E-state index >= 15 is 0 Å². The maximum Gasteiger partial charge on any atom is 0.329 e. The molecular formula is C20H26N4O2. The van der Waals surface area contributed by atoms with Crippen molar-refractivity contribution in [3.63, 3.8) is 0 Å². The Balaban J connectivity index is 1.49. The zero-order valence-electron chi connectivity index (χ0n) is 15.4. The molecule has 4 atom stereocenters. The first-order valence-electron chi connectivity index (χ1n) is 9.69. The van der Waals surface area contributed by atoms with Gasteiger partial charge >= 0.3 is 5.69 Å². The number of para-hydroxylation sites is 2. The summed E-state index contributed by atoms with van der Waals surface area (Å²) < 4.78 is 3.26. The topological polar surface area (TPSA) is 59.3 Å². The van der Waals surface area contributed by atoms with E-state index in [1.807, 2.05) is 24.3 Å². The SMILES string of the molecule is Cn1c(=O)n(CC(=O)N2C[C@@H]3C[C@@]4(C)[C@H](CCC[C@@H]24)N3)c2ccccc21. The minimum Gasteiger partial charge on any atom is -0.336 e. The summed E-state index contributed by atoms with van der Waals surface area (Å²) in [6, 6.07) is 8.91. The first-order valence-corrected chi connectivity index (χ1v) is 9.69. The first kappa shape index (κ1) is 16.1. The van der Waals surface area contributed by atoms with E-state index in [0.717, 1.165) is 24.0 Å². The van der Waals surface area contributed by atoms with E-state index in [0.29, 0.717) is 18.1 Å². The van der Waals surface area contributed by atoms with Crippen molar-refractivity contribution in [1.82, 2.24) is 19.4 Å². The van der Waals surface area contributed by atoms with Crippen LogP contribution < -0.4 is 11.0 Å². The van der Waals surface area contributed by atoms with E-state index in [-0.39, 0.29) is 23.6 Å². The summed E-state index contributed by atoms with van der Waals surface area (Å²) in [4.78, 5) is 28.0. The number of imidazole rings is 1. The number of hydrogen-bond donors (Lipinski definition) is 1. The maximum absolute atomic E-state index is 13.3. The molecule has 3 aliphatic rings. The van der Waals surface area contributed by atoms with Crippen molar-refractivity contribution in [1.29, 1.82) is 0 Å². The quantitative estimate of drug-likeness (QED) is 0.889. The fourth-order valence-corrected chi connectivity index (χ4v) is 5.84. The molecule has 2 saturated heterocycles. The number of aromatic nitrogens is 2. The zero-order valence-corrected chi connectivity index (χ0v) is 15.4. The number of nitrogens with one attached hydrogen (secondary N) is 1. The van der Waals surface area contributed by atoms with Gasteiger partial charge in [-0.2, -0.15) is 0 Å². The molecule has 2 bridgehead atoms. The molecule has 26 heavy (non-hydrogen) atoms. The van der Waals surface area contributed by atoms with Crippen molar-refractivity contribution in [2.24, 2.45) is 12.5 Å². The highest BCUT2D eigenvalue weighted by Gasteiger charge is 2.56. The van der Waals surface area contributed by atoms with Crippen molar-refractivity contribution in [2.75, 3.05) is 6.54 Å². The smallest absolute Gasteiger partial charge is 0.329 e. The van der Waals surface area contributed by atoms with Gasteiger partial charge in [0.15, 0.2) is 0 Å². The van der Waals surface area contributed by atoms with Crippen molar-refractivity contribution >= 4 is 16.9 Å². The number of hydrogen-bond acceptors (Lipinski definition) is 3. The Labute approximate surface area is 152 Å². The number of carbonyl (C=O) groups excluding carboxylic acids is 1. The standard InChI is InChI=1S/C20H26N4O2/c1-20-10-13-11-24(17(20)9-5-8-16(20)21-13)18(25)12-23-15-7-4-3-6-14(15)22(2)19(23)26/h3-4,6-7,13,16-17,21H,5,8-12H2,1-2H3/t13-,16-,17+,20-/m0/s1. The van der Waals surface area contributed by atoms with Crippen LogP contribution in [0.3, 0.4) is 0 Å². The fraction of sp³-hybridized carbons (Fsp3) is 0.600. The van der Waals surface area contributed by atoms with E-state index in [2.05, 4.69) is 17.1 Å². The van der Waals surface area contributed by atoms with Crippen LogP contribution >= 0.6 is 0 Å². The van der Waals surface area contributed by atoms with Gasteiger partial charge in [0.25, 0.3) is 0 Å². The monoisotopic (exact) mass is 354 g/mol. The lowest BCUT2D eigenvalue weighted by atomic mass is 9.66. The van der Waals surface area contributed by atoms with Crippen LogP contribution in [-0.4, -0.2) is 44.6 Å². The number of piperidine rings is 1. The molecule has 5 rings (SSSR count). The summed E-state index contributed by atoms with van der Waals surface area (Å²) in [5.41, 5.74) is 1.76. The van der Waals surface area contributed by atoms with Crippen LogP contribution in [0.25, 0.3) is 11.0 Å². The van der Waals surface area contributed by atoms with Gasteiger partial charge in [-0.15, -0.1) is 0 Å². The number of carbonyl (C=O) groups is 1. The highest BCUT2D eigenvalue weighted by atomic mass is 16.2.